The molecule has 0 bridgehead atoms. The van der Waals surface area contributed by atoms with E-state index >= 15 is 0 Å². The number of hydrogen-bond acceptors (Lipinski definition) is 12. The third kappa shape index (κ3) is 14.9. The van der Waals surface area contributed by atoms with Crippen molar-refractivity contribution >= 4 is 61.6 Å². The zero-order valence-corrected chi connectivity index (χ0v) is 25.6. The van der Waals surface area contributed by atoms with Crippen LogP contribution in [0.5, 0.6) is 11.5 Å². The van der Waals surface area contributed by atoms with Crippen molar-refractivity contribution in [2.75, 3.05) is 26.2 Å². The average molecular weight is 515 g/mol. The van der Waals surface area contributed by atoms with Crippen molar-refractivity contribution in [2.45, 2.75) is 13.1 Å². The van der Waals surface area contributed by atoms with Crippen molar-refractivity contribution in [1.29, 1.82) is 0 Å². The predicted molar refractivity (Wildman–Crippen MR) is 86.1 cm³/mol. The molecular formula is C16H16CaK2N2O10. The van der Waals surface area contributed by atoms with Gasteiger partial charge in [-0.15, -0.1) is 0 Å². The number of carbonyl (C=O) groups is 4. The Morgan fingerprint density at radius 3 is 1.06 bits per heavy atom. The number of carbonyl (C=O) groups excluding carboxylic acids is 4. The Labute approximate surface area is 292 Å². The second-order valence-corrected chi connectivity index (χ2v) is 5.86. The molecule has 0 aliphatic heterocycles. The van der Waals surface area contributed by atoms with Gasteiger partial charge in [-0.25, -0.2) is 0 Å². The van der Waals surface area contributed by atoms with Gasteiger partial charge >= 0.3 is 141 Å². The maximum atomic E-state index is 10.7. The van der Waals surface area contributed by atoms with Gasteiger partial charge in [-0.2, -0.15) is 0 Å². The standard InChI is InChI=1S/C16H20N2O10.Ca.2K/c19-11(20)5-17(6-12(21)22)3-9-1-2-10(16(28)15(9)27)4-18(7-13(23)24)8-14(25)26;;;/h1-2,27-28H,3-8H2,(H,19,20)(H,21,22)(H,23,24)(H,25,26);;;/q;+2;2*+1/p-4. The van der Waals surface area contributed by atoms with Gasteiger partial charge in [0.15, 0.2) is 11.5 Å². The zero-order valence-electron chi connectivity index (χ0n) is 17.2. The second-order valence-electron chi connectivity index (χ2n) is 5.86. The van der Waals surface area contributed by atoms with Crippen LogP contribution in [0.2, 0.25) is 0 Å². The van der Waals surface area contributed by atoms with E-state index < -0.39 is 61.6 Å². The van der Waals surface area contributed by atoms with Gasteiger partial charge in [0.05, 0.1) is 23.9 Å². The van der Waals surface area contributed by atoms with E-state index in [2.05, 4.69) is 0 Å². The third-order valence-corrected chi connectivity index (χ3v) is 3.52. The van der Waals surface area contributed by atoms with Crippen molar-refractivity contribution in [3.8, 4) is 11.5 Å². The van der Waals surface area contributed by atoms with Crippen LogP contribution in [0.3, 0.4) is 0 Å². The molecule has 0 atom stereocenters. The number of nitrogens with zero attached hydrogens (tertiary/aromatic N) is 2. The molecule has 2 N–H and O–H groups in total. The second kappa shape index (κ2) is 18.5. The number of carboxylic acid groups (broad SMARTS) is 4. The number of aliphatic carboxylic acids is 4. The van der Waals surface area contributed by atoms with E-state index in [0.29, 0.717) is 0 Å². The Hall–Kier alpha value is 1.15. The van der Waals surface area contributed by atoms with Crippen LogP contribution < -0.4 is 123 Å². The zero-order chi connectivity index (χ0) is 21.4. The van der Waals surface area contributed by atoms with Crippen molar-refractivity contribution in [3.05, 3.63) is 23.3 Å². The minimum atomic E-state index is -1.57. The van der Waals surface area contributed by atoms with Crippen LogP contribution in [-0.4, -0.2) is 108 Å². The summed E-state index contributed by atoms with van der Waals surface area (Å²) >= 11 is 0. The van der Waals surface area contributed by atoms with Crippen LogP contribution in [0.4, 0.5) is 0 Å². The first-order chi connectivity index (χ1) is 13.0. The summed E-state index contributed by atoms with van der Waals surface area (Å²) in [5.41, 5.74) is -0.0646. The molecule has 0 radical (unpaired) electrons. The van der Waals surface area contributed by atoms with E-state index in [-0.39, 0.29) is 165 Å². The van der Waals surface area contributed by atoms with Crippen LogP contribution in [0, 0.1) is 0 Å². The molecule has 1 rings (SSSR count). The summed E-state index contributed by atoms with van der Waals surface area (Å²) in [4.78, 5) is 44.5. The molecule has 0 aliphatic rings. The summed E-state index contributed by atoms with van der Waals surface area (Å²) in [5, 5.41) is 63.0. The van der Waals surface area contributed by atoms with Crippen LogP contribution in [-0.2, 0) is 32.3 Å². The van der Waals surface area contributed by atoms with E-state index in [1.165, 1.54) is 12.1 Å². The quantitative estimate of drug-likeness (QED) is 0.197. The van der Waals surface area contributed by atoms with Crippen LogP contribution >= 0.6 is 0 Å². The van der Waals surface area contributed by atoms with Crippen LogP contribution in [0.15, 0.2) is 12.1 Å². The molecule has 0 amide bonds. The monoisotopic (exact) mass is 514 g/mol. The number of rotatable bonds is 12. The maximum absolute atomic E-state index is 10.7. The van der Waals surface area contributed by atoms with Gasteiger partial charge in [0, 0.05) is 50.4 Å². The molecule has 0 aliphatic carbocycles. The minimum absolute atomic E-state index is 0. The summed E-state index contributed by atoms with van der Waals surface area (Å²) in [6.45, 7) is -3.88. The fourth-order valence-corrected chi connectivity index (χ4v) is 2.47. The first kappa shape index (κ1) is 36.7. The largest absolute Gasteiger partial charge is 2.00 e. The first-order valence-electron chi connectivity index (χ1n) is 7.76. The Kier molecular flexibility index (Phi) is 21.9. The molecule has 1 aromatic rings. The van der Waals surface area contributed by atoms with Gasteiger partial charge in [0.25, 0.3) is 0 Å². The normalized spacial score (nSPS) is 9.87. The van der Waals surface area contributed by atoms with Gasteiger partial charge in [-0.3, -0.25) is 9.80 Å². The number of carboxylic acids is 4. The number of hydrogen-bond donors (Lipinski definition) is 2. The molecule has 0 heterocycles. The van der Waals surface area contributed by atoms with E-state index in [1.807, 2.05) is 0 Å². The molecule has 0 fully saturated rings. The minimum Gasteiger partial charge on any atom is -0.549 e. The number of benzene rings is 1. The molecule has 15 heteroatoms. The van der Waals surface area contributed by atoms with E-state index in [9.17, 15) is 49.8 Å². The van der Waals surface area contributed by atoms with E-state index in [0.717, 1.165) is 9.80 Å². The number of phenolic OH excluding ortho intramolecular Hbond substituents is 2. The van der Waals surface area contributed by atoms with Gasteiger partial charge in [0.2, 0.25) is 0 Å². The van der Waals surface area contributed by atoms with Gasteiger partial charge < -0.3 is 49.8 Å². The molecule has 0 saturated heterocycles. The van der Waals surface area contributed by atoms with Crippen molar-refractivity contribution < 1.29 is 153 Å². The third-order valence-electron chi connectivity index (χ3n) is 3.52. The van der Waals surface area contributed by atoms with Crippen molar-refractivity contribution in [3.63, 3.8) is 0 Å². The molecule has 154 valence electrons. The number of phenols is 2. The Balaban J connectivity index is -0.00000261. The summed E-state index contributed by atoms with van der Waals surface area (Å²) in [6.07, 6.45) is 0. The number of aromatic hydroxyl groups is 2. The summed E-state index contributed by atoms with van der Waals surface area (Å²) in [7, 11) is 0. The molecular weight excluding hydrogens is 498 g/mol. The SMILES string of the molecule is O=C([O-])CN(CC(=O)[O-])Cc1ccc(CN(CC(=O)[O-])CC(=O)[O-])c(O)c1O.[Ca+2].[K+].[K+]. The molecule has 12 nitrogen and oxygen atoms in total. The molecule has 31 heavy (non-hydrogen) atoms. The van der Waals surface area contributed by atoms with E-state index in [4.69, 9.17) is 0 Å². The summed E-state index contributed by atoms with van der Waals surface area (Å²) < 4.78 is 0. The molecule has 0 aromatic heterocycles. The van der Waals surface area contributed by atoms with E-state index in [1.54, 1.807) is 0 Å². The van der Waals surface area contributed by atoms with Gasteiger partial charge in [-0.05, 0) is 0 Å². The Morgan fingerprint density at radius 1 is 0.645 bits per heavy atom. The molecule has 0 spiro atoms. The average Bonchev–Trinajstić information content (AvgIpc) is 2.52. The first-order valence-corrected chi connectivity index (χ1v) is 7.76. The molecule has 0 unspecified atom stereocenters. The molecule has 1 aromatic carbocycles. The summed E-state index contributed by atoms with van der Waals surface area (Å²) in [5.74, 6) is -7.69. The smallest absolute Gasteiger partial charge is 0.549 e. The predicted octanol–water partition coefficient (Wildman–Crippen LogP) is -12.7. The fourth-order valence-electron chi connectivity index (χ4n) is 2.47. The molecule has 0 saturated carbocycles. The van der Waals surface area contributed by atoms with Crippen LogP contribution in [0.1, 0.15) is 11.1 Å². The summed E-state index contributed by atoms with van der Waals surface area (Å²) in [6, 6.07) is 2.47. The van der Waals surface area contributed by atoms with Gasteiger partial charge in [-0.1, -0.05) is 12.1 Å². The van der Waals surface area contributed by atoms with Crippen molar-refractivity contribution in [2.24, 2.45) is 0 Å². The van der Waals surface area contributed by atoms with Gasteiger partial charge in [0.1, 0.15) is 0 Å². The topological polar surface area (TPSA) is 207 Å². The maximum Gasteiger partial charge on any atom is 2.00 e. The fraction of sp³-hybridized carbons (Fsp3) is 0.375. The Bertz CT molecular complexity index is 686. The van der Waals surface area contributed by atoms with Crippen LogP contribution in [0.25, 0.3) is 0 Å². The van der Waals surface area contributed by atoms with Crippen molar-refractivity contribution in [1.82, 2.24) is 9.80 Å². The Morgan fingerprint density at radius 2 is 0.871 bits per heavy atom.